The first-order chi connectivity index (χ1) is 9.10. The van der Waals surface area contributed by atoms with Gasteiger partial charge in [-0.15, -0.1) is 0 Å². The van der Waals surface area contributed by atoms with Crippen LogP contribution in [0.5, 0.6) is 5.75 Å². The molecule has 0 spiro atoms. The largest absolute Gasteiger partial charge is 0.435 e. The molecule has 102 valence electrons. The van der Waals surface area contributed by atoms with Gasteiger partial charge in [0.05, 0.1) is 12.2 Å². The molecule has 0 radical (unpaired) electrons. The number of alkyl halides is 2. The highest BCUT2D eigenvalue weighted by Crippen LogP contribution is 2.23. The number of halogens is 2. The fourth-order valence-corrected chi connectivity index (χ4v) is 1.79. The summed E-state index contributed by atoms with van der Waals surface area (Å²) in [5.74, 6) is 0.103. The molecule has 19 heavy (non-hydrogen) atoms. The van der Waals surface area contributed by atoms with Crippen LogP contribution >= 0.6 is 0 Å². The second-order valence-corrected chi connectivity index (χ2v) is 4.06. The van der Waals surface area contributed by atoms with Crippen LogP contribution in [-0.2, 0) is 6.54 Å². The predicted octanol–water partition coefficient (Wildman–Crippen LogP) is 2.55. The number of hydrogen-bond donors (Lipinski definition) is 1. The molecule has 0 fully saturated rings. The highest BCUT2D eigenvalue weighted by molar-refractivity contribution is 5.35. The molecule has 1 heterocycles. The third kappa shape index (κ3) is 3.29. The zero-order valence-corrected chi connectivity index (χ0v) is 10.5. The molecule has 0 saturated carbocycles. The number of ether oxygens (including phenoxy) is 1. The van der Waals surface area contributed by atoms with E-state index in [9.17, 15) is 8.78 Å². The maximum absolute atomic E-state index is 12.2. The summed E-state index contributed by atoms with van der Waals surface area (Å²) in [6.07, 6.45) is 3.51. The Bertz CT molecular complexity index is 542. The first-order valence-electron chi connectivity index (χ1n) is 5.93. The maximum Gasteiger partial charge on any atom is 0.387 e. The van der Waals surface area contributed by atoms with Crippen molar-refractivity contribution < 1.29 is 13.5 Å². The van der Waals surface area contributed by atoms with Gasteiger partial charge >= 0.3 is 6.61 Å². The standard InChI is InChI=1S/C13H15F2N3O/c1-2-18-8-10(7-17-18)12(16)9-4-3-5-11(6-9)19-13(14)15/h3-8,12-13H,2,16H2,1H3. The normalized spacial score (nSPS) is 12.7. The zero-order chi connectivity index (χ0) is 13.8. The van der Waals surface area contributed by atoms with Crippen LogP contribution < -0.4 is 10.5 Å². The topological polar surface area (TPSA) is 53.1 Å². The van der Waals surface area contributed by atoms with E-state index < -0.39 is 12.7 Å². The highest BCUT2D eigenvalue weighted by atomic mass is 19.3. The van der Waals surface area contributed by atoms with Crippen molar-refractivity contribution in [3.05, 3.63) is 47.8 Å². The summed E-state index contributed by atoms with van der Waals surface area (Å²) >= 11 is 0. The Morgan fingerprint density at radius 1 is 1.37 bits per heavy atom. The third-order valence-corrected chi connectivity index (χ3v) is 2.78. The Labute approximate surface area is 109 Å². The summed E-state index contributed by atoms with van der Waals surface area (Å²) in [4.78, 5) is 0. The number of aryl methyl sites for hydroxylation is 1. The minimum Gasteiger partial charge on any atom is -0.435 e. The van der Waals surface area contributed by atoms with Crippen LogP contribution in [-0.4, -0.2) is 16.4 Å². The van der Waals surface area contributed by atoms with Gasteiger partial charge < -0.3 is 10.5 Å². The lowest BCUT2D eigenvalue weighted by atomic mass is 10.0. The predicted molar refractivity (Wildman–Crippen MR) is 67.0 cm³/mol. The molecular formula is C13H15F2N3O. The number of aromatic nitrogens is 2. The van der Waals surface area contributed by atoms with E-state index in [2.05, 4.69) is 9.84 Å². The van der Waals surface area contributed by atoms with Gasteiger partial charge in [-0.3, -0.25) is 4.68 Å². The van der Waals surface area contributed by atoms with Gasteiger partial charge in [0.15, 0.2) is 0 Å². The summed E-state index contributed by atoms with van der Waals surface area (Å²) < 4.78 is 30.4. The van der Waals surface area contributed by atoms with Crippen LogP contribution in [0.1, 0.15) is 24.1 Å². The van der Waals surface area contributed by atoms with E-state index in [-0.39, 0.29) is 5.75 Å². The Balaban J connectivity index is 2.20. The lowest BCUT2D eigenvalue weighted by molar-refractivity contribution is -0.0498. The van der Waals surface area contributed by atoms with E-state index in [1.165, 1.54) is 12.1 Å². The summed E-state index contributed by atoms with van der Waals surface area (Å²) in [5, 5.41) is 4.14. The molecule has 2 N–H and O–H groups in total. The second-order valence-electron chi connectivity index (χ2n) is 4.06. The highest BCUT2D eigenvalue weighted by Gasteiger charge is 2.13. The van der Waals surface area contributed by atoms with Gasteiger partial charge in [-0.05, 0) is 24.6 Å². The van der Waals surface area contributed by atoms with E-state index in [4.69, 9.17) is 5.73 Å². The SMILES string of the molecule is CCn1cc(C(N)c2cccc(OC(F)F)c2)cn1. The van der Waals surface area contributed by atoms with Gasteiger partial charge in [-0.2, -0.15) is 13.9 Å². The number of nitrogens with zero attached hydrogens (tertiary/aromatic N) is 2. The van der Waals surface area contributed by atoms with E-state index in [0.717, 1.165) is 12.1 Å². The lowest BCUT2D eigenvalue weighted by Crippen LogP contribution is -2.11. The molecule has 4 nitrogen and oxygen atoms in total. The molecule has 1 atom stereocenters. The van der Waals surface area contributed by atoms with Gasteiger partial charge in [0.25, 0.3) is 0 Å². The molecular weight excluding hydrogens is 252 g/mol. The van der Waals surface area contributed by atoms with Crippen LogP contribution in [0.15, 0.2) is 36.7 Å². The molecule has 0 bridgehead atoms. The Hall–Kier alpha value is -1.95. The van der Waals surface area contributed by atoms with Crippen LogP contribution in [0.2, 0.25) is 0 Å². The van der Waals surface area contributed by atoms with Crippen molar-refractivity contribution in [2.24, 2.45) is 5.73 Å². The fourth-order valence-electron chi connectivity index (χ4n) is 1.79. The number of benzene rings is 1. The van der Waals surface area contributed by atoms with Crippen molar-refractivity contribution in [3.8, 4) is 5.75 Å². The quantitative estimate of drug-likeness (QED) is 0.905. The summed E-state index contributed by atoms with van der Waals surface area (Å²) in [7, 11) is 0. The smallest absolute Gasteiger partial charge is 0.387 e. The van der Waals surface area contributed by atoms with Crippen LogP contribution in [0.3, 0.4) is 0 Å². The Morgan fingerprint density at radius 3 is 2.79 bits per heavy atom. The second kappa shape index (κ2) is 5.79. The van der Waals surface area contributed by atoms with Crippen LogP contribution in [0.25, 0.3) is 0 Å². The van der Waals surface area contributed by atoms with Crippen LogP contribution in [0.4, 0.5) is 8.78 Å². The molecule has 0 aliphatic heterocycles. The van der Waals surface area contributed by atoms with Crippen molar-refractivity contribution in [1.29, 1.82) is 0 Å². The van der Waals surface area contributed by atoms with E-state index in [1.54, 1.807) is 23.0 Å². The number of rotatable bonds is 5. The van der Waals surface area contributed by atoms with Crippen molar-refractivity contribution in [2.75, 3.05) is 0 Å². The van der Waals surface area contributed by atoms with E-state index in [0.29, 0.717) is 5.56 Å². The summed E-state index contributed by atoms with van der Waals surface area (Å²) in [6, 6.07) is 5.98. The van der Waals surface area contributed by atoms with Crippen molar-refractivity contribution in [3.63, 3.8) is 0 Å². The van der Waals surface area contributed by atoms with Gasteiger partial charge in [0, 0.05) is 18.3 Å². The molecule has 6 heteroatoms. The fraction of sp³-hybridized carbons (Fsp3) is 0.308. The van der Waals surface area contributed by atoms with E-state index in [1.807, 2.05) is 13.1 Å². The Morgan fingerprint density at radius 2 is 2.16 bits per heavy atom. The molecule has 1 unspecified atom stereocenters. The minimum absolute atomic E-state index is 0.103. The van der Waals surface area contributed by atoms with Gasteiger partial charge in [0.2, 0.25) is 0 Å². The third-order valence-electron chi connectivity index (χ3n) is 2.78. The lowest BCUT2D eigenvalue weighted by Gasteiger charge is -2.12. The van der Waals surface area contributed by atoms with Crippen molar-refractivity contribution >= 4 is 0 Å². The number of hydrogen-bond acceptors (Lipinski definition) is 3. The zero-order valence-electron chi connectivity index (χ0n) is 10.5. The molecule has 1 aromatic carbocycles. The molecule has 2 rings (SSSR count). The summed E-state index contributed by atoms with van der Waals surface area (Å²) in [6.45, 7) is -0.116. The molecule has 0 aliphatic rings. The first kappa shape index (κ1) is 13.5. The van der Waals surface area contributed by atoms with Gasteiger partial charge in [-0.25, -0.2) is 0 Å². The van der Waals surface area contributed by atoms with E-state index >= 15 is 0 Å². The number of nitrogens with two attached hydrogens (primary N) is 1. The molecule has 0 saturated heterocycles. The Kier molecular flexibility index (Phi) is 4.11. The van der Waals surface area contributed by atoms with Crippen molar-refractivity contribution in [1.82, 2.24) is 9.78 Å². The van der Waals surface area contributed by atoms with Crippen molar-refractivity contribution in [2.45, 2.75) is 26.1 Å². The summed E-state index contributed by atoms with van der Waals surface area (Å²) in [5.41, 5.74) is 7.62. The monoisotopic (exact) mass is 267 g/mol. The molecule has 0 aliphatic carbocycles. The van der Waals surface area contributed by atoms with Crippen LogP contribution in [0, 0.1) is 0 Å². The van der Waals surface area contributed by atoms with Gasteiger partial charge in [-0.1, -0.05) is 12.1 Å². The molecule has 2 aromatic rings. The molecule has 1 aromatic heterocycles. The minimum atomic E-state index is -2.84. The maximum atomic E-state index is 12.2. The van der Waals surface area contributed by atoms with Gasteiger partial charge in [0.1, 0.15) is 5.75 Å². The molecule has 0 amide bonds. The average Bonchev–Trinajstić information content (AvgIpc) is 2.86. The first-order valence-corrected chi connectivity index (χ1v) is 5.93. The average molecular weight is 267 g/mol.